The van der Waals surface area contributed by atoms with E-state index in [4.69, 9.17) is 9.84 Å². The van der Waals surface area contributed by atoms with Crippen molar-refractivity contribution in [2.75, 3.05) is 11.3 Å². The molecule has 0 amide bonds. The second kappa shape index (κ2) is 8.31. The maximum atomic E-state index is 12.8. The largest absolute Gasteiger partial charge is 0.482 e. The van der Waals surface area contributed by atoms with Gasteiger partial charge in [-0.1, -0.05) is 12.1 Å². The van der Waals surface area contributed by atoms with E-state index in [-0.39, 0.29) is 4.90 Å². The number of hydrogen-bond acceptors (Lipinski definition) is 6. The quantitative estimate of drug-likeness (QED) is 0.578. The molecule has 0 aliphatic rings. The van der Waals surface area contributed by atoms with Crippen molar-refractivity contribution in [3.05, 3.63) is 54.4 Å². The number of hydrogen-bond donors (Lipinski definition) is 2. The van der Waals surface area contributed by atoms with Gasteiger partial charge in [-0.25, -0.2) is 13.2 Å². The first-order valence-corrected chi connectivity index (χ1v) is 10.2. The first kappa shape index (κ1) is 20.3. The number of nitrogens with zero attached hydrogens (tertiary/aromatic N) is 3. The second-order valence-electron chi connectivity index (χ2n) is 6.24. The number of benzene rings is 2. The fraction of sp³-hybridized carbons (Fsp3) is 0.211. The molecule has 0 atom stereocenters. The first-order valence-electron chi connectivity index (χ1n) is 8.76. The molecule has 0 saturated heterocycles. The maximum absolute atomic E-state index is 12.8. The average Bonchev–Trinajstić information content (AvgIpc) is 3.15. The molecule has 0 unspecified atom stereocenters. The van der Waals surface area contributed by atoms with Gasteiger partial charge in [0.1, 0.15) is 12.1 Å². The van der Waals surface area contributed by atoms with Gasteiger partial charge in [-0.2, -0.15) is 0 Å². The van der Waals surface area contributed by atoms with Gasteiger partial charge in [0, 0.05) is 17.8 Å². The van der Waals surface area contributed by atoms with Crippen LogP contribution >= 0.6 is 0 Å². The first-order chi connectivity index (χ1) is 13.8. The molecule has 0 radical (unpaired) electrons. The van der Waals surface area contributed by atoms with Gasteiger partial charge >= 0.3 is 5.97 Å². The van der Waals surface area contributed by atoms with Gasteiger partial charge in [-0.3, -0.25) is 4.72 Å². The van der Waals surface area contributed by atoms with Crippen LogP contribution in [-0.2, 0) is 21.4 Å². The molecule has 9 nitrogen and oxygen atoms in total. The zero-order chi connectivity index (χ0) is 21.0. The van der Waals surface area contributed by atoms with Crippen molar-refractivity contribution in [2.45, 2.75) is 25.3 Å². The van der Waals surface area contributed by atoms with Gasteiger partial charge in [0.25, 0.3) is 10.0 Å². The SMILES string of the molecule is CCn1cnnc1-c1cccc(NS(=O)(=O)c2ccc(OCC(=O)O)c(C)c2)c1. The Bertz CT molecular complexity index is 1140. The molecule has 1 aromatic heterocycles. The third-order valence-electron chi connectivity index (χ3n) is 4.14. The highest BCUT2D eigenvalue weighted by Crippen LogP contribution is 2.25. The summed E-state index contributed by atoms with van der Waals surface area (Å²) in [7, 11) is -3.85. The molecule has 0 saturated carbocycles. The zero-order valence-corrected chi connectivity index (χ0v) is 16.7. The summed E-state index contributed by atoms with van der Waals surface area (Å²) >= 11 is 0. The van der Waals surface area contributed by atoms with Crippen LogP contribution < -0.4 is 9.46 Å². The highest BCUT2D eigenvalue weighted by Gasteiger charge is 2.17. The highest BCUT2D eigenvalue weighted by atomic mass is 32.2. The number of carboxylic acids is 1. The molecule has 0 aliphatic carbocycles. The second-order valence-corrected chi connectivity index (χ2v) is 7.92. The fourth-order valence-corrected chi connectivity index (χ4v) is 3.87. The molecule has 2 N–H and O–H groups in total. The van der Waals surface area contributed by atoms with Crippen molar-refractivity contribution in [3.63, 3.8) is 0 Å². The molecule has 0 fully saturated rings. The van der Waals surface area contributed by atoms with E-state index in [1.165, 1.54) is 18.2 Å². The van der Waals surface area contributed by atoms with Gasteiger partial charge in [0.15, 0.2) is 12.4 Å². The molecule has 3 rings (SSSR count). The molecule has 3 aromatic rings. The standard InChI is InChI=1S/C19H20N4O5S/c1-3-23-12-20-21-19(23)14-5-4-6-15(10-14)22-29(26,27)16-7-8-17(13(2)9-16)28-11-18(24)25/h4-10,12,22H,3,11H2,1-2H3,(H,24,25). The smallest absolute Gasteiger partial charge is 0.341 e. The summed E-state index contributed by atoms with van der Waals surface area (Å²) in [5, 5.41) is 16.7. The van der Waals surface area contributed by atoms with Crippen LogP contribution in [0.25, 0.3) is 11.4 Å². The van der Waals surface area contributed by atoms with Crippen molar-refractivity contribution in [1.82, 2.24) is 14.8 Å². The number of aryl methyl sites for hydroxylation is 2. The molecule has 10 heteroatoms. The van der Waals surface area contributed by atoms with Crippen molar-refractivity contribution >= 4 is 21.7 Å². The van der Waals surface area contributed by atoms with Gasteiger partial charge in [-0.15, -0.1) is 10.2 Å². The number of anilines is 1. The molecule has 2 aromatic carbocycles. The monoisotopic (exact) mass is 416 g/mol. The minimum Gasteiger partial charge on any atom is -0.482 e. The van der Waals surface area contributed by atoms with Gasteiger partial charge in [0.05, 0.1) is 4.90 Å². The number of carbonyl (C=O) groups is 1. The zero-order valence-electron chi connectivity index (χ0n) is 15.9. The van der Waals surface area contributed by atoms with E-state index in [9.17, 15) is 13.2 Å². The summed E-state index contributed by atoms with van der Waals surface area (Å²) in [6.07, 6.45) is 1.61. The van der Waals surface area contributed by atoms with E-state index in [2.05, 4.69) is 14.9 Å². The Balaban J connectivity index is 1.83. The molecule has 152 valence electrons. The Labute approximate surface area is 168 Å². The minimum atomic E-state index is -3.85. The van der Waals surface area contributed by atoms with Gasteiger partial charge in [-0.05, 0) is 49.7 Å². The Morgan fingerprint density at radius 2 is 2.03 bits per heavy atom. The lowest BCUT2D eigenvalue weighted by Gasteiger charge is -2.12. The third kappa shape index (κ3) is 4.72. The summed E-state index contributed by atoms with van der Waals surface area (Å²) in [6, 6.07) is 11.1. The van der Waals surface area contributed by atoms with E-state index in [1.807, 2.05) is 17.6 Å². The summed E-state index contributed by atoms with van der Waals surface area (Å²) in [4.78, 5) is 10.7. The molecule has 1 heterocycles. The Morgan fingerprint density at radius 1 is 1.24 bits per heavy atom. The summed E-state index contributed by atoms with van der Waals surface area (Å²) in [5.41, 5.74) is 1.63. The van der Waals surface area contributed by atoms with Crippen LogP contribution in [0.1, 0.15) is 12.5 Å². The Kier molecular flexibility index (Phi) is 5.83. The predicted molar refractivity (Wildman–Crippen MR) is 106 cm³/mol. The molecule has 29 heavy (non-hydrogen) atoms. The van der Waals surface area contributed by atoms with Crippen molar-refractivity contribution in [3.8, 4) is 17.1 Å². The molecule has 0 bridgehead atoms. The van der Waals surface area contributed by atoms with Crippen LogP contribution in [0.3, 0.4) is 0 Å². The lowest BCUT2D eigenvalue weighted by atomic mass is 10.2. The average molecular weight is 416 g/mol. The number of carboxylic acid groups (broad SMARTS) is 1. The number of aromatic nitrogens is 3. The van der Waals surface area contributed by atoms with Gasteiger partial charge < -0.3 is 14.4 Å². The van der Waals surface area contributed by atoms with E-state index in [0.717, 1.165) is 5.56 Å². The van der Waals surface area contributed by atoms with Crippen LogP contribution in [0.15, 0.2) is 53.7 Å². The third-order valence-corrected chi connectivity index (χ3v) is 5.52. The summed E-state index contributed by atoms with van der Waals surface area (Å²) < 4.78 is 35.1. The van der Waals surface area contributed by atoms with Crippen LogP contribution in [0.2, 0.25) is 0 Å². The van der Waals surface area contributed by atoms with Crippen LogP contribution in [-0.4, -0.2) is 40.9 Å². The van der Waals surface area contributed by atoms with E-state index in [1.54, 1.807) is 31.5 Å². The molecular formula is C19H20N4O5S. The molecular weight excluding hydrogens is 396 g/mol. The predicted octanol–water partition coefficient (Wildman–Crippen LogP) is 2.54. The van der Waals surface area contributed by atoms with Crippen molar-refractivity contribution in [2.24, 2.45) is 0 Å². The molecule has 0 spiro atoms. The number of rotatable bonds is 8. The normalized spacial score (nSPS) is 11.2. The number of sulfonamides is 1. The highest BCUT2D eigenvalue weighted by molar-refractivity contribution is 7.92. The lowest BCUT2D eigenvalue weighted by molar-refractivity contribution is -0.139. The Morgan fingerprint density at radius 3 is 2.72 bits per heavy atom. The number of nitrogens with one attached hydrogen (secondary N) is 1. The van der Waals surface area contributed by atoms with Crippen LogP contribution in [0, 0.1) is 6.92 Å². The van der Waals surface area contributed by atoms with Crippen LogP contribution in [0.4, 0.5) is 5.69 Å². The van der Waals surface area contributed by atoms with Crippen molar-refractivity contribution in [1.29, 1.82) is 0 Å². The van der Waals surface area contributed by atoms with E-state index < -0.39 is 22.6 Å². The van der Waals surface area contributed by atoms with Crippen molar-refractivity contribution < 1.29 is 23.1 Å². The fourth-order valence-electron chi connectivity index (χ4n) is 2.74. The number of aliphatic carboxylic acids is 1. The molecule has 0 aliphatic heterocycles. The van der Waals surface area contributed by atoms with Crippen LogP contribution in [0.5, 0.6) is 5.75 Å². The summed E-state index contributed by atoms with van der Waals surface area (Å²) in [6.45, 7) is 3.80. The lowest BCUT2D eigenvalue weighted by Crippen LogP contribution is -2.14. The summed E-state index contributed by atoms with van der Waals surface area (Å²) in [5.74, 6) is -0.155. The van der Waals surface area contributed by atoms with E-state index >= 15 is 0 Å². The minimum absolute atomic E-state index is 0.0415. The maximum Gasteiger partial charge on any atom is 0.341 e. The Hall–Kier alpha value is -3.40. The van der Waals surface area contributed by atoms with Gasteiger partial charge in [0.2, 0.25) is 0 Å². The number of ether oxygens (including phenoxy) is 1. The topological polar surface area (TPSA) is 123 Å². The van der Waals surface area contributed by atoms with E-state index in [0.29, 0.717) is 29.4 Å².